The minimum absolute atomic E-state index is 0.105. The van der Waals surface area contributed by atoms with Gasteiger partial charge in [-0.05, 0) is 24.4 Å². The minimum Gasteiger partial charge on any atom is -0.375 e. The van der Waals surface area contributed by atoms with Gasteiger partial charge in [0.05, 0.1) is 35.6 Å². The molecule has 0 radical (unpaired) electrons. The summed E-state index contributed by atoms with van der Waals surface area (Å²) >= 11 is 5.93. The molecule has 6 nitrogen and oxygen atoms in total. The van der Waals surface area contributed by atoms with Crippen LogP contribution in [0.1, 0.15) is 23.9 Å². The number of nitrogens with zero attached hydrogens (tertiary/aromatic N) is 4. The highest BCUT2D eigenvalue weighted by Gasteiger charge is 2.25. The van der Waals surface area contributed by atoms with E-state index in [0.717, 1.165) is 35.7 Å². The zero-order chi connectivity index (χ0) is 13.4. The van der Waals surface area contributed by atoms with Crippen LogP contribution in [0.2, 0.25) is 5.28 Å². The van der Waals surface area contributed by atoms with E-state index in [2.05, 4.69) is 25.3 Å². The lowest BCUT2D eigenvalue weighted by Gasteiger charge is -2.26. The minimum atomic E-state index is 0.105. The number of fused-ring (bicyclic) bond motifs is 1. The zero-order valence-corrected chi connectivity index (χ0v) is 11.6. The van der Waals surface area contributed by atoms with Crippen LogP contribution >= 0.6 is 11.6 Å². The van der Waals surface area contributed by atoms with E-state index >= 15 is 0 Å². The molecular formula is C12H15ClN6. The Labute approximate surface area is 116 Å². The smallest absolute Gasteiger partial charge is 0.222 e. The SMILES string of the molecule is CN(C)c1cnc(Cl)nc1C1CCc2[nH]cnc2N1. The third kappa shape index (κ3) is 2.23. The second kappa shape index (κ2) is 4.70. The van der Waals surface area contributed by atoms with Crippen LogP contribution in [0, 0.1) is 0 Å². The van der Waals surface area contributed by atoms with E-state index in [9.17, 15) is 0 Å². The van der Waals surface area contributed by atoms with Gasteiger partial charge in [-0.1, -0.05) is 0 Å². The topological polar surface area (TPSA) is 69.7 Å². The summed E-state index contributed by atoms with van der Waals surface area (Å²) in [6.07, 6.45) is 5.36. The van der Waals surface area contributed by atoms with Crippen molar-refractivity contribution in [2.75, 3.05) is 24.3 Å². The maximum absolute atomic E-state index is 5.93. The third-order valence-corrected chi connectivity index (χ3v) is 3.47. The number of hydrogen-bond donors (Lipinski definition) is 2. The standard InChI is InChI=1S/C12H15ClN6/c1-19(2)9-5-14-12(13)18-10(9)7-3-4-8-11(17-7)16-6-15-8/h5-7,17H,3-4H2,1-2H3,(H,15,16). The van der Waals surface area contributed by atoms with Gasteiger partial charge in [0.1, 0.15) is 5.82 Å². The average Bonchev–Trinajstić information content (AvgIpc) is 2.85. The number of H-pyrrole nitrogens is 1. The van der Waals surface area contributed by atoms with Crippen LogP contribution in [0.3, 0.4) is 0 Å². The first kappa shape index (κ1) is 12.2. The summed E-state index contributed by atoms with van der Waals surface area (Å²) in [5.74, 6) is 0.899. The molecular weight excluding hydrogens is 264 g/mol. The average molecular weight is 279 g/mol. The van der Waals surface area contributed by atoms with E-state index in [1.807, 2.05) is 19.0 Å². The van der Waals surface area contributed by atoms with Gasteiger partial charge in [0.15, 0.2) is 0 Å². The van der Waals surface area contributed by atoms with Gasteiger partial charge in [-0.25, -0.2) is 15.0 Å². The second-order valence-corrected chi connectivity index (χ2v) is 5.11. The molecule has 0 aromatic carbocycles. The molecule has 3 rings (SSSR count). The van der Waals surface area contributed by atoms with Crippen LogP contribution in [-0.4, -0.2) is 34.0 Å². The lowest BCUT2D eigenvalue weighted by Crippen LogP contribution is -2.23. The number of aryl methyl sites for hydroxylation is 1. The van der Waals surface area contributed by atoms with Crippen LogP contribution in [0.4, 0.5) is 11.5 Å². The van der Waals surface area contributed by atoms with Crippen molar-refractivity contribution in [1.29, 1.82) is 0 Å². The first-order valence-electron chi connectivity index (χ1n) is 6.13. The van der Waals surface area contributed by atoms with E-state index in [1.165, 1.54) is 0 Å². The van der Waals surface area contributed by atoms with E-state index in [-0.39, 0.29) is 11.3 Å². The van der Waals surface area contributed by atoms with Gasteiger partial charge in [-0.3, -0.25) is 0 Å². The highest BCUT2D eigenvalue weighted by atomic mass is 35.5. The maximum Gasteiger partial charge on any atom is 0.222 e. The Morgan fingerprint density at radius 3 is 3.00 bits per heavy atom. The predicted molar refractivity (Wildman–Crippen MR) is 74.6 cm³/mol. The number of aromatic amines is 1. The Kier molecular flexibility index (Phi) is 3.02. The number of imidazole rings is 1. The lowest BCUT2D eigenvalue weighted by atomic mass is 10.0. The second-order valence-electron chi connectivity index (χ2n) is 4.77. The van der Waals surface area contributed by atoms with E-state index < -0.39 is 0 Å². The highest BCUT2D eigenvalue weighted by Crippen LogP contribution is 2.33. The third-order valence-electron chi connectivity index (χ3n) is 3.29. The fourth-order valence-corrected chi connectivity index (χ4v) is 2.47. The Morgan fingerprint density at radius 2 is 2.21 bits per heavy atom. The highest BCUT2D eigenvalue weighted by molar-refractivity contribution is 6.28. The van der Waals surface area contributed by atoms with Gasteiger partial charge in [-0.15, -0.1) is 0 Å². The predicted octanol–water partition coefficient (Wildman–Crippen LogP) is 2.02. The molecule has 0 aliphatic carbocycles. The first-order chi connectivity index (χ1) is 9.15. The van der Waals surface area contributed by atoms with Crippen molar-refractivity contribution in [1.82, 2.24) is 19.9 Å². The molecule has 1 aliphatic rings. The molecule has 19 heavy (non-hydrogen) atoms. The van der Waals surface area contributed by atoms with Crippen molar-refractivity contribution < 1.29 is 0 Å². The quantitative estimate of drug-likeness (QED) is 0.823. The summed E-state index contributed by atoms with van der Waals surface area (Å²) in [5, 5.41) is 3.67. The summed E-state index contributed by atoms with van der Waals surface area (Å²) in [6, 6.07) is 0.105. The molecule has 0 spiro atoms. The zero-order valence-electron chi connectivity index (χ0n) is 10.8. The van der Waals surface area contributed by atoms with Crippen molar-refractivity contribution in [3.05, 3.63) is 29.2 Å². The summed E-state index contributed by atoms with van der Waals surface area (Å²) in [7, 11) is 3.94. The van der Waals surface area contributed by atoms with Crippen LogP contribution < -0.4 is 10.2 Å². The lowest BCUT2D eigenvalue weighted by molar-refractivity contribution is 0.638. The molecule has 0 saturated carbocycles. The Hall–Kier alpha value is -1.82. The van der Waals surface area contributed by atoms with Gasteiger partial charge in [0.25, 0.3) is 0 Å². The molecule has 0 bridgehead atoms. The summed E-state index contributed by atoms with van der Waals surface area (Å²) in [4.78, 5) is 17.8. The monoisotopic (exact) mass is 278 g/mol. The molecule has 100 valence electrons. The molecule has 2 aromatic rings. The van der Waals surface area contributed by atoms with E-state index in [0.29, 0.717) is 0 Å². The molecule has 0 fully saturated rings. The first-order valence-corrected chi connectivity index (χ1v) is 6.51. The number of hydrogen-bond acceptors (Lipinski definition) is 5. The molecule has 0 amide bonds. The van der Waals surface area contributed by atoms with Gasteiger partial charge >= 0.3 is 0 Å². The van der Waals surface area contributed by atoms with Gasteiger partial charge in [-0.2, -0.15) is 0 Å². The molecule has 2 N–H and O–H groups in total. The maximum atomic E-state index is 5.93. The molecule has 1 unspecified atom stereocenters. The normalized spacial score (nSPS) is 17.7. The Bertz CT molecular complexity index is 594. The molecule has 3 heterocycles. The largest absolute Gasteiger partial charge is 0.375 e. The van der Waals surface area contributed by atoms with Crippen molar-refractivity contribution in [3.8, 4) is 0 Å². The number of rotatable bonds is 2. The number of aromatic nitrogens is 4. The molecule has 1 atom stereocenters. The van der Waals surface area contributed by atoms with Gasteiger partial charge in [0, 0.05) is 14.1 Å². The van der Waals surface area contributed by atoms with Gasteiger partial charge in [0.2, 0.25) is 5.28 Å². The molecule has 0 saturated heterocycles. The molecule has 2 aromatic heterocycles. The Balaban J connectivity index is 1.97. The molecule has 1 aliphatic heterocycles. The number of halogens is 1. The fourth-order valence-electron chi connectivity index (χ4n) is 2.33. The van der Waals surface area contributed by atoms with Crippen LogP contribution in [-0.2, 0) is 6.42 Å². The number of anilines is 2. The van der Waals surface area contributed by atoms with E-state index in [4.69, 9.17) is 11.6 Å². The van der Waals surface area contributed by atoms with Crippen molar-refractivity contribution in [2.45, 2.75) is 18.9 Å². The molecule has 7 heteroatoms. The summed E-state index contributed by atoms with van der Waals surface area (Å²) in [6.45, 7) is 0. The van der Waals surface area contributed by atoms with Crippen LogP contribution in [0.15, 0.2) is 12.5 Å². The van der Waals surface area contributed by atoms with Crippen molar-refractivity contribution in [2.24, 2.45) is 0 Å². The van der Waals surface area contributed by atoms with Crippen molar-refractivity contribution >= 4 is 23.1 Å². The summed E-state index contributed by atoms with van der Waals surface area (Å²) < 4.78 is 0. The Morgan fingerprint density at radius 1 is 1.37 bits per heavy atom. The summed E-state index contributed by atoms with van der Waals surface area (Å²) in [5.41, 5.74) is 3.03. The van der Waals surface area contributed by atoms with Crippen LogP contribution in [0.25, 0.3) is 0 Å². The van der Waals surface area contributed by atoms with Crippen LogP contribution in [0.5, 0.6) is 0 Å². The van der Waals surface area contributed by atoms with Gasteiger partial charge < -0.3 is 15.2 Å². The van der Waals surface area contributed by atoms with Crippen molar-refractivity contribution in [3.63, 3.8) is 0 Å². The van der Waals surface area contributed by atoms with E-state index in [1.54, 1.807) is 12.5 Å². The number of nitrogens with one attached hydrogen (secondary N) is 2. The fraction of sp³-hybridized carbons (Fsp3) is 0.417.